The van der Waals surface area contributed by atoms with E-state index in [1.54, 1.807) is 19.9 Å². The van der Waals surface area contributed by atoms with E-state index in [4.69, 9.17) is 6.42 Å². The normalized spacial score (nSPS) is 16.2. The number of hydrogen-bond acceptors (Lipinski definition) is 4. The summed E-state index contributed by atoms with van der Waals surface area (Å²) in [6, 6.07) is 3.20. The number of carbonyl (C=O) groups excluding carboxylic acids is 1. The van der Waals surface area contributed by atoms with Crippen molar-refractivity contribution in [1.82, 2.24) is 15.6 Å². The summed E-state index contributed by atoms with van der Waals surface area (Å²) in [5, 5.41) is 8.81. The van der Waals surface area contributed by atoms with Gasteiger partial charge in [-0.25, -0.2) is 4.39 Å². The van der Waals surface area contributed by atoms with Crippen LogP contribution in [0.2, 0.25) is 0 Å². The zero-order valence-corrected chi connectivity index (χ0v) is 19.8. The molecule has 0 aliphatic carbocycles. The van der Waals surface area contributed by atoms with Crippen LogP contribution in [0.3, 0.4) is 0 Å². The van der Waals surface area contributed by atoms with E-state index in [0.29, 0.717) is 39.3 Å². The van der Waals surface area contributed by atoms with E-state index in [1.165, 1.54) is 12.1 Å². The molecule has 6 heteroatoms. The highest BCUT2D eigenvalue weighted by Crippen LogP contribution is 2.16. The van der Waals surface area contributed by atoms with Crippen molar-refractivity contribution in [3.05, 3.63) is 64.0 Å². The molecule has 1 fully saturated rings. The van der Waals surface area contributed by atoms with Crippen molar-refractivity contribution in [1.29, 1.82) is 0 Å². The van der Waals surface area contributed by atoms with E-state index in [9.17, 15) is 9.18 Å². The van der Waals surface area contributed by atoms with Gasteiger partial charge >= 0.3 is 0 Å². The molecule has 1 aliphatic rings. The molecular weight excluding hydrogens is 415 g/mol. The van der Waals surface area contributed by atoms with Gasteiger partial charge in [0.15, 0.2) is 5.78 Å². The van der Waals surface area contributed by atoms with Crippen molar-refractivity contribution < 1.29 is 9.18 Å². The summed E-state index contributed by atoms with van der Waals surface area (Å²) < 4.78 is 14.4. The van der Waals surface area contributed by atoms with Crippen LogP contribution in [-0.2, 0) is 4.79 Å². The van der Waals surface area contributed by atoms with Gasteiger partial charge in [0.25, 0.3) is 0 Å². The van der Waals surface area contributed by atoms with Gasteiger partial charge < -0.3 is 10.2 Å². The van der Waals surface area contributed by atoms with Crippen LogP contribution in [0.5, 0.6) is 0 Å². The minimum atomic E-state index is -0.416. The molecule has 0 atom stereocenters. The second-order valence-electron chi connectivity index (χ2n) is 7.81. The van der Waals surface area contributed by atoms with E-state index in [-0.39, 0.29) is 5.78 Å². The van der Waals surface area contributed by atoms with Crippen LogP contribution >= 0.6 is 0 Å². The summed E-state index contributed by atoms with van der Waals surface area (Å²) in [4.78, 5) is 15.1. The monoisotopic (exact) mass is 448 g/mol. The second kappa shape index (κ2) is 12.6. The Morgan fingerprint density at radius 3 is 2.67 bits per heavy atom. The van der Waals surface area contributed by atoms with E-state index < -0.39 is 5.82 Å². The van der Waals surface area contributed by atoms with Gasteiger partial charge in [-0.05, 0) is 54.8 Å². The zero-order valence-electron chi connectivity index (χ0n) is 19.8. The van der Waals surface area contributed by atoms with Crippen LogP contribution in [-0.4, -0.2) is 42.7 Å². The SMILES string of the molecule is C#CC/C(=N\N/C(C)=C(/C)C(=O)/C=C(\C=C)c1cc(F)c(=C)/c(=C\CC)c1)N1CCNCC1. The second-order valence-corrected chi connectivity index (χ2v) is 7.81. The summed E-state index contributed by atoms with van der Waals surface area (Å²) in [5.41, 5.74) is 5.20. The predicted molar refractivity (Wildman–Crippen MR) is 136 cm³/mol. The number of hydrazone groups is 1. The van der Waals surface area contributed by atoms with Crippen molar-refractivity contribution in [3.8, 4) is 12.3 Å². The molecule has 0 saturated carbocycles. The van der Waals surface area contributed by atoms with E-state index >= 15 is 0 Å². The van der Waals surface area contributed by atoms with Crippen molar-refractivity contribution >= 4 is 29.8 Å². The Kier molecular flexibility index (Phi) is 9.84. The van der Waals surface area contributed by atoms with Crippen molar-refractivity contribution in [3.63, 3.8) is 0 Å². The van der Waals surface area contributed by atoms with Gasteiger partial charge in [-0.1, -0.05) is 38.2 Å². The van der Waals surface area contributed by atoms with Crippen LogP contribution in [0.4, 0.5) is 4.39 Å². The van der Waals surface area contributed by atoms with E-state index in [2.05, 4.69) is 39.8 Å². The Morgan fingerprint density at radius 2 is 2.06 bits per heavy atom. The van der Waals surface area contributed by atoms with Crippen LogP contribution in [0, 0.1) is 18.2 Å². The highest BCUT2D eigenvalue weighted by Gasteiger charge is 2.14. The highest BCUT2D eigenvalue weighted by molar-refractivity contribution is 6.09. The molecule has 0 radical (unpaired) electrons. The number of rotatable bonds is 8. The smallest absolute Gasteiger partial charge is 0.183 e. The number of allylic oxidation sites excluding steroid dienone is 5. The van der Waals surface area contributed by atoms with Gasteiger partial charge in [0, 0.05) is 42.7 Å². The molecule has 1 heterocycles. The predicted octanol–water partition coefficient (Wildman–Crippen LogP) is 2.69. The first kappa shape index (κ1) is 25.8. The Morgan fingerprint density at radius 1 is 1.36 bits per heavy atom. The quantitative estimate of drug-likeness (QED) is 0.160. The standard InChI is InChI=1S/C27H33FN4O/c1-7-10-23-16-24(17-25(28)20(23)5)22(9-3)18-26(33)19(4)21(6)30-31-27(11-8-2)32-14-12-29-13-15-32/h2,9-10,16-18,29-30H,3,5,7,11-15H2,1,4,6H3/b21-19-,22-18+,23-10-,31-27+. The minimum absolute atomic E-state index is 0.217. The molecule has 1 saturated heterocycles. The third-order valence-corrected chi connectivity index (χ3v) is 5.52. The van der Waals surface area contributed by atoms with Gasteiger partial charge in [-0.2, -0.15) is 5.10 Å². The number of terminal acetylenes is 1. The third-order valence-electron chi connectivity index (χ3n) is 5.52. The average Bonchev–Trinajstić information content (AvgIpc) is 2.82. The molecule has 2 N–H and O–H groups in total. The lowest BCUT2D eigenvalue weighted by Gasteiger charge is -2.29. The Hall–Kier alpha value is -3.43. The van der Waals surface area contributed by atoms with Gasteiger partial charge in [0.1, 0.15) is 11.7 Å². The minimum Gasteiger partial charge on any atom is -0.355 e. The van der Waals surface area contributed by atoms with Crippen molar-refractivity contribution in [2.75, 3.05) is 26.2 Å². The first-order valence-electron chi connectivity index (χ1n) is 11.1. The number of ketones is 1. The fourth-order valence-electron chi connectivity index (χ4n) is 3.39. The molecule has 0 aromatic heterocycles. The van der Waals surface area contributed by atoms with Crippen molar-refractivity contribution in [2.24, 2.45) is 5.10 Å². The van der Waals surface area contributed by atoms with Crippen LogP contribution < -0.4 is 21.2 Å². The Balaban J connectivity index is 2.30. The summed E-state index contributed by atoms with van der Waals surface area (Å²) in [5.74, 6) is 2.78. The van der Waals surface area contributed by atoms with Gasteiger partial charge in [0.05, 0.1) is 6.42 Å². The summed E-state index contributed by atoms with van der Waals surface area (Å²) in [6.07, 6.45) is 11.6. The summed E-state index contributed by atoms with van der Waals surface area (Å²) in [6.45, 7) is 16.5. The van der Waals surface area contributed by atoms with E-state index in [1.807, 2.05) is 19.1 Å². The topological polar surface area (TPSA) is 56.7 Å². The fraction of sp³-hybridized carbons (Fsp3) is 0.333. The number of piperazine rings is 1. The molecular formula is C27H33FN4O. The number of benzene rings is 1. The van der Waals surface area contributed by atoms with Gasteiger partial charge in [0.2, 0.25) is 0 Å². The highest BCUT2D eigenvalue weighted by atomic mass is 19.1. The number of amidine groups is 1. The molecule has 0 amide bonds. The number of carbonyl (C=O) groups is 1. The average molecular weight is 449 g/mol. The van der Waals surface area contributed by atoms with Gasteiger partial charge in [-0.3, -0.25) is 10.2 Å². The molecule has 0 spiro atoms. The molecule has 1 aromatic carbocycles. The first-order valence-corrected chi connectivity index (χ1v) is 11.1. The fourth-order valence-corrected chi connectivity index (χ4v) is 3.39. The molecule has 33 heavy (non-hydrogen) atoms. The molecule has 1 aliphatic heterocycles. The molecule has 5 nitrogen and oxygen atoms in total. The molecule has 0 bridgehead atoms. The maximum atomic E-state index is 14.4. The third kappa shape index (κ3) is 7.03. The Bertz CT molecular complexity index is 1130. The van der Waals surface area contributed by atoms with Crippen molar-refractivity contribution in [2.45, 2.75) is 33.6 Å². The molecule has 1 aromatic rings. The number of nitrogens with one attached hydrogen (secondary N) is 2. The number of hydrogen-bond donors (Lipinski definition) is 2. The van der Waals surface area contributed by atoms with Crippen LogP contribution in [0.25, 0.3) is 18.2 Å². The lowest BCUT2D eigenvalue weighted by molar-refractivity contribution is -0.111. The molecule has 174 valence electrons. The summed E-state index contributed by atoms with van der Waals surface area (Å²) >= 11 is 0. The summed E-state index contributed by atoms with van der Waals surface area (Å²) in [7, 11) is 0. The van der Waals surface area contributed by atoms with Gasteiger partial charge in [-0.15, -0.1) is 6.42 Å². The Labute approximate surface area is 196 Å². The number of halogens is 1. The lowest BCUT2D eigenvalue weighted by atomic mass is 10.00. The van der Waals surface area contributed by atoms with Crippen LogP contribution in [0.1, 0.15) is 39.2 Å². The lowest BCUT2D eigenvalue weighted by Crippen LogP contribution is -2.46. The maximum Gasteiger partial charge on any atom is 0.183 e. The first-order chi connectivity index (χ1) is 15.8. The van der Waals surface area contributed by atoms with Crippen LogP contribution in [0.15, 0.2) is 47.2 Å². The number of nitrogens with zero attached hydrogens (tertiary/aromatic N) is 2. The van der Waals surface area contributed by atoms with E-state index in [0.717, 1.165) is 38.4 Å². The largest absolute Gasteiger partial charge is 0.355 e. The molecule has 2 rings (SSSR count). The zero-order chi connectivity index (χ0) is 24.4. The maximum absolute atomic E-state index is 14.4. The molecule has 0 unspecified atom stereocenters.